The summed E-state index contributed by atoms with van der Waals surface area (Å²) in [5.74, 6) is -0.187. The Kier molecular flexibility index (Phi) is 6.77. The van der Waals surface area contributed by atoms with Gasteiger partial charge in [0.15, 0.2) is 0 Å². The van der Waals surface area contributed by atoms with Crippen LogP contribution in [0.15, 0.2) is 0 Å². The number of carbonyl (C=O) groups is 2. The summed E-state index contributed by atoms with van der Waals surface area (Å²) >= 11 is 0. The largest absolute Gasteiger partial charge is 0.337 e. The zero-order chi connectivity index (χ0) is 20.9. The van der Waals surface area contributed by atoms with Gasteiger partial charge in [0.05, 0.1) is 25.2 Å². The van der Waals surface area contributed by atoms with Gasteiger partial charge in [-0.15, -0.1) is 0 Å². The van der Waals surface area contributed by atoms with Crippen molar-refractivity contribution < 1.29 is 9.59 Å². The normalized spacial score (nSPS) is 26.4. The van der Waals surface area contributed by atoms with Gasteiger partial charge in [0.1, 0.15) is 11.1 Å². The van der Waals surface area contributed by atoms with E-state index in [1.165, 1.54) is 0 Å². The molecule has 0 aromatic carbocycles. The van der Waals surface area contributed by atoms with Crippen LogP contribution >= 0.6 is 0 Å². The Morgan fingerprint density at radius 1 is 0.897 bits per heavy atom. The second kappa shape index (κ2) is 9.11. The van der Waals surface area contributed by atoms with Gasteiger partial charge in [-0.3, -0.25) is 19.4 Å². The smallest absolute Gasteiger partial charge is 0.235 e. The van der Waals surface area contributed by atoms with Crippen LogP contribution in [0.1, 0.15) is 58.3 Å². The van der Waals surface area contributed by atoms with E-state index in [4.69, 9.17) is 0 Å². The molecule has 29 heavy (non-hydrogen) atoms. The fraction of sp³-hybridized carbons (Fsp3) is 0.810. The van der Waals surface area contributed by atoms with Crippen LogP contribution in [0, 0.1) is 22.7 Å². The molecule has 1 unspecified atom stereocenters. The van der Waals surface area contributed by atoms with Gasteiger partial charge in [-0.2, -0.15) is 10.5 Å². The van der Waals surface area contributed by atoms with Crippen molar-refractivity contribution in [2.75, 3.05) is 32.7 Å². The summed E-state index contributed by atoms with van der Waals surface area (Å²) < 4.78 is 0. The average molecular weight is 401 g/mol. The van der Waals surface area contributed by atoms with E-state index >= 15 is 0 Å². The molecule has 1 atom stereocenters. The molecule has 158 valence electrons. The molecule has 1 aliphatic heterocycles. The van der Waals surface area contributed by atoms with E-state index in [1.54, 1.807) is 0 Å². The highest BCUT2D eigenvalue weighted by Gasteiger charge is 2.37. The van der Waals surface area contributed by atoms with Crippen LogP contribution in [0.2, 0.25) is 0 Å². The van der Waals surface area contributed by atoms with E-state index in [1.807, 2.05) is 0 Å². The van der Waals surface area contributed by atoms with Crippen LogP contribution in [0.25, 0.3) is 0 Å². The Hall–Kier alpha value is -2.16. The highest BCUT2D eigenvalue weighted by Crippen LogP contribution is 2.29. The monoisotopic (exact) mass is 400 g/mol. The first-order chi connectivity index (χ1) is 13.9. The summed E-state index contributed by atoms with van der Waals surface area (Å²) in [5.41, 5.74) is -1.36. The summed E-state index contributed by atoms with van der Waals surface area (Å²) in [5, 5.41) is 24.8. The van der Waals surface area contributed by atoms with E-state index in [0.717, 1.165) is 51.4 Å². The van der Waals surface area contributed by atoms with E-state index in [9.17, 15) is 20.1 Å². The van der Waals surface area contributed by atoms with E-state index in [2.05, 4.69) is 39.5 Å². The maximum absolute atomic E-state index is 12.5. The van der Waals surface area contributed by atoms with Crippen molar-refractivity contribution >= 4 is 11.8 Å². The van der Waals surface area contributed by atoms with Crippen LogP contribution in [0.4, 0.5) is 0 Å². The summed E-state index contributed by atoms with van der Waals surface area (Å²) in [6.45, 7) is 4.72. The SMILES string of the molecule is CC1CN(CC(=O)NC2(C#N)CCCC2)CCN1CC(=O)NC1(C#N)CCCC1. The zero-order valence-electron chi connectivity index (χ0n) is 17.4. The average Bonchev–Trinajstić information content (AvgIpc) is 3.34. The first kappa shape index (κ1) is 21.5. The van der Waals surface area contributed by atoms with Crippen molar-refractivity contribution in [1.29, 1.82) is 10.5 Å². The number of rotatable bonds is 6. The highest BCUT2D eigenvalue weighted by atomic mass is 16.2. The zero-order valence-corrected chi connectivity index (χ0v) is 17.4. The fourth-order valence-corrected chi connectivity index (χ4v) is 4.94. The first-order valence-corrected chi connectivity index (χ1v) is 10.8. The molecule has 8 nitrogen and oxygen atoms in total. The lowest BCUT2D eigenvalue weighted by atomic mass is 10.00. The molecular weight excluding hydrogens is 368 g/mol. The van der Waals surface area contributed by atoms with Crippen molar-refractivity contribution in [2.45, 2.75) is 75.4 Å². The lowest BCUT2D eigenvalue weighted by molar-refractivity contribution is -0.127. The van der Waals surface area contributed by atoms with Crippen LogP contribution in [-0.4, -0.2) is 71.5 Å². The van der Waals surface area contributed by atoms with Gasteiger partial charge >= 0.3 is 0 Å². The van der Waals surface area contributed by atoms with Crippen molar-refractivity contribution in [3.8, 4) is 12.1 Å². The third kappa shape index (κ3) is 5.26. The molecule has 1 heterocycles. The number of hydrogen-bond acceptors (Lipinski definition) is 6. The molecular formula is C21H32N6O2. The van der Waals surface area contributed by atoms with Gasteiger partial charge in [-0.25, -0.2) is 0 Å². The van der Waals surface area contributed by atoms with Crippen LogP contribution in [0.3, 0.4) is 0 Å². The Labute approximate surface area is 173 Å². The molecule has 1 saturated heterocycles. The minimum absolute atomic E-state index is 0.0935. The second-order valence-electron chi connectivity index (χ2n) is 8.95. The van der Waals surface area contributed by atoms with Crippen molar-refractivity contribution in [3.05, 3.63) is 0 Å². The lowest BCUT2D eigenvalue weighted by Gasteiger charge is -2.39. The molecule has 0 bridgehead atoms. The third-order valence-electron chi connectivity index (χ3n) is 6.66. The van der Waals surface area contributed by atoms with Gasteiger partial charge in [0.25, 0.3) is 0 Å². The number of nitriles is 2. The maximum atomic E-state index is 12.5. The fourth-order valence-electron chi connectivity index (χ4n) is 4.94. The van der Waals surface area contributed by atoms with Crippen LogP contribution in [0.5, 0.6) is 0 Å². The number of piperazine rings is 1. The molecule has 2 N–H and O–H groups in total. The van der Waals surface area contributed by atoms with Crippen molar-refractivity contribution in [2.24, 2.45) is 0 Å². The summed E-state index contributed by atoms with van der Waals surface area (Å²) in [6.07, 6.45) is 6.88. The Morgan fingerprint density at radius 3 is 1.83 bits per heavy atom. The van der Waals surface area contributed by atoms with Crippen LogP contribution < -0.4 is 10.6 Å². The molecule has 2 amide bonds. The van der Waals surface area contributed by atoms with Gasteiger partial charge in [-0.1, -0.05) is 0 Å². The molecule has 0 radical (unpaired) electrons. The first-order valence-electron chi connectivity index (χ1n) is 10.8. The van der Waals surface area contributed by atoms with Gasteiger partial charge < -0.3 is 10.6 Å². The molecule has 0 aromatic rings. The number of nitrogens with zero attached hydrogens (tertiary/aromatic N) is 4. The lowest BCUT2D eigenvalue weighted by Crippen LogP contribution is -2.58. The van der Waals surface area contributed by atoms with Gasteiger partial charge in [-0.05, 0) is 58.3 Å². The van der Waals surface area contributed by atoms with Crippen molar-refractivity contribution in [1.82, 2.24) is 20.4 Å². The number of carbonyl (C=O) groups excluding carboxylic acids is 2. The molecule has 3 aliphatic rings. The second-order valence-corrected chi connectivity index (χ2v) is 8.95. The topological polar surface area (TPSA) is 112 Å². The molecule has 2 aliphatic carbocycles. The van der Waals surface area contributed by atoms with Gasteiger partial charge in [0, 0.05) is 25.7 Å². The summed E-state index contributed by atoms with van der Waals surface area (Å²) in [4.78, 5) is 29.1. The predicted octanol–water partition coefficient (Wildman–Crippen LogP) is 0.898. The third-order valence-corrected chi connectivity index (χ3v) is 6.66. The molecule has 3 fully saturated rings. The van der Waals surface area contributed by atoms with Crippen molar-refractivity contribution in [3.63, 3.8) is 0 Å². The summed E-state index contributed by atoms with van der Waals surface area (Å²) in [6, 6.07) is 4.73. The van der Waals surface area contributed by atoms with Gasteiger partial charge in [0.2, 0.25) is 11.8 Å². The molecule has 2 saturated carbocycles. The highest BCUT2D eigenvalue weighted by molar-refractivity contribution is 5.80. The maximum Gasteiger partial charge on any atom is 0.235 e. The molecule has 3 rings (SSSR count). The van der Waals surface area contributed by atoms with Crippen LogP contribution in [-0.2, 0) is 9.59 Å². The minimum Gasteiger partial charge on any atom is -0.337 e. The number of amides is 2. The molecule has 8 heteroatoms. The molecule has 0 spiro atoms. The number of nitrogens with one attached hydrogen (secondary N) is 2. The molecule has 0 aromatic heterocycles. The van der Waals surface area contributed by atoms with E-state index < -0.39 is 11.1 Å². The minimum atomic E-state index is -0.683. The number of hydrogen-bond donors (Lipinski definition) is 2. The van der Waals surface area contributed by atoms with E-state index in [0.29, 0.717) is 19.6 Å². The Bertz CT molecular complexity index is 697. The summed E-state index contributed by atoms with van der Waals surface area (Å²) in [7, 11) is 0. The Morgan fingerprint density at radius 2 is 1.38 bits per heavy atom. The predicted molar refractivity (Wildman–Crippen MR) is 107 cm³/mol. The quantitative estimate of drug-likeness (QED) is 0.685. The standard InChI is InChI=1S/C21H32N6O2/c1-17-12-26(13-18(28)24-20(15-22)6-2-3-7-20)10-11-27(17)14-19(29)25-21(16-23)8-4-5-9-21/h17H,2-14H2,1H3,(H,24,28)(H,25,29). The van der Waals surface area contributed by atoms with E-state index in [-0.39, 0.29) is 30.9 Å². The Balaban J connectivity index is 1.44.